The number of rotatable bonds is 4. The van der Waals surface area contributed by atoms with Crippen LogP contribution >= 0.6 is 0 Å². The smallest absolute Gasteiger partial charge is 0.309 e. The van der Waals surface area contributed by atoms with E-state index in [4.69, 9.17) is 4.74 Å². The van der Waals surface area contributed by atoms with E-state index in [-0.39, 0.29) is 11.5 Å². The van der Waals surface area contributed by atoms with Gasteiger partial charge in [-0.3, -0.25) is 14.9 Å². The van der Waals surface area contributed by atoms with Crippen molar-refractivity contribution in [3.05, 3.63) is 34.4 Å². The van der Waals surface area contributed by atoms with Gasteiger partial charge in [-0.25, -0.2) is 0 Å². The summed E-state index contributed by atoms with van der Waals surface area (Å²) >= 11 is 0. The maximum absolute atomic E-state index is 11.6. The van der Waals surface area contributed by atoms with Crippen molar-refractivity contribution in [2.45, 2.75) is 26.3 Å². The predicted octanol–water partition coefficient (Wildman–Crippen LogP) is 1.96. The third-order valence-electron chi connectivity index (χ3n) is 3.13. The zero-order valence-electron chi connectivity index (χ0n) is 10.3. The van der Waals surface area contributed by atoms with Gasteiger partial charge in [-0.05, 0) is 13.0 Å². The lowest BCUT2D eigenvalue weighted by atomic mass is 9.75. The van der Waals surface area contributed by atoms with Crippen LogP contribution in [0.1, 0.15) is 20.8 Å². The Balaban J connectivity index is 2.95. The first-order valence-corrected chi connectivity index (χ1v) is 5.60. The molecule has 1 aliphatic rings. The SMILES string of the molecule is CCOC(=O)C(C)C1C=CC=CC1(C)[N+](=O)[O-]. The largest absolute Gasteiger partial charge is 0.466 e. The molecule has 3 unspecified atom stereocenters. The average Bonchev–Trinajstić information content (AvgIpc) is 2.29. The van der Waals surface area contributed by atoms with Crippen molar-refractivity contribution < 1.29 is 14.5 Å². The molecule has 0 saturated carbocycles. The minimum atomic E-state index is -1.25. The third-order valence-corrected chi connectivity index (χ3v) is 3.13. The molecule has 0 aromatic carbocycles. The van der Waals surface area contributed by atoms with E-state index in [0.717, 1.165) is 0 Å². The molecule has 1 aliphatic carbocycles. The summed E-state index contributed by atoms with van der Waals surface area (Å²) in [5.41, 5.74) is -1.25. The zero-order valence-corrected chi connectivity index (χ0v) is 10.3. The van der Waals surface area contributed by atoms with Gasteiger partial charge in [0.05, 0.1) is 18.4 Å². The van der Waals surface area contributed by atoms with Gasteiger partial charge in [0, 0.05) is 11.8 Å². The van der Waals surface area contributed by atoms with Crippen molar-refractivity contribution in [3.8, 4) is 0 Å². The van der Waals surface area contributed by atoms with E-state index < -0.39 is 23.3 Å². The van der Waals surface area contributed by atoms with Crippen LogP contribution in [0.25, 0.3) is 0 Å². The summed E-state index contributed by atoms with van der Waals surface area (Å²) < 4.78 is 4.91. The van der Waals surface area contributed by atoms with E-state index in [0.29, 0.717) is 0 Å². The molecular weight excluding hydrogens is 222 g/mol. The molecule has 0 bridgehead atoms. The van der Waals surface area contributed by atoms with E-state index in [1.165, 1.54) is 13.0 Å². The molecule has 3 atom stereocenters. The molecule has 0 radical (unpaired) electrons. The number of esters is 1. The van der Waals surface area contributed by atoms with Crippen LogP contribution < -0.4 is 0 Å². The van der Waals surface area contributed by atoms with Crippen LogP contribution in [0.2, 0.25) is 0 Å². The second-order valence-corrected chi connectivity index (χ2v) is 4.29. The summed E-state index contributed by atoms with van der Waals surface area (Å²) in [6.45, 7) is 5.18. The molecule has 5 nitrogen and oxygen atoms in total. The number of ether oxygens (including phenoxy) is 1. The molecule has 0 N–H and O–H groups in total. The maximum Gasteiger partial charge on any atom is 0.309 e. The molecule has 5 heteroatoms. The Morgan fingerprint density at radius 3 is 2.76 bits per heavy atom. The fourth-order valence-corrected chi connectivity index (χ4v) is 2.02. The number of hydrogen-bond acceptors (Lipinski definition) is 4. The van der Waals surface area contributed by atoms with Crippen molar-refractivity contribution in [1.82, 2.24) is 0 Å². The van der Waals surface area contributed by atoms with Crippen molar-refractivity contribution in [2.75, 3.05) is 6.61 Å². The van der Waals surface area contributed by atoms with Gasteiger partial charge in [-0.15, -0.1) is 0 Å². The minimum Gasteiger partial charge on any atom is -0.466 e. The monoisotopic (exact) mass is 239 g/mol. The molecule has 0 saturated heterocycles. The van der Waals surface area contributed by atoms with Gasteiger partial charge in [-0.2, -0.15) is 0 Å². The van der Waals surface area contributed by atoms with Gasteiger partial charge < -0.3 is 4.74 Å². The summed E-state index contributed by atoms with van der Waals surface area (Å²) in [6.07, 6.45) is 6.58. The van der Waals surface area contributed by atoms with Crippen LogP contribution in [-0.2, 0) is 9.53 Å². The fourth-order valence-electron chi connectivity index (χ4n) is 2.02. The zero-order chi connectivity index (χ0) is 13.1. The molecule has 0 fully saturated rings. The standard InChI is InChI=1S/C12H17NO4/c1-4-17-11(14)9(2)10-7-5-6-8-12(10,3)13(15)16/h5-10H,4H2,1-3H3. The van der Waals surface area contributed by atoms with Crippen LogP contribution in [0.15, 0.2) is 24.3 Å². The van der Waals surface area contributed by atoms with Gasteiger partial charge in [0.1, 0.15) is 0 Å². The van der Waals surface area contributed by atoms with Crippen LogP contribution in [0.3, 0.4) is 0 Å². The predicted molar refractivity (Wildman–Crippen MR) is 63.0 cm³/mol. The quantitative estimate of drug-likeness (QED) is 0.427. The highest BCUT2D eigenvalue weighted by Gasteiger charge is 2.47. The molecule has 0 aliphatic heterocycles. The highest BCUT2D eigenvalue weighted by atomic mass is 16.6. The number of carbonyl (C=O) groups excluding carboxylic acids is 1. The molecule has 0 aromatic heterocycles. The molecule has 0 aromatic rings. The van der Waals surface area contributed by atoms with Crippen LogP contribution in [0.5, 0.6) is 0 Å². The third kappa shape index (κ3) is 2.54. The lowest BCUT2D eigenvalue weighted by Gasteiger charge is -2.30. The number of nitro groups is 1. The second-order valence-electron chi connectivity index (χ2n) is 4.29. The van der Waals surface area contributed by atoms with E-state index >= 15 is 0 Å². The van der Waals surface area contributed by atoms with Crippen molar-refractivity contribution in [2.24, 2.45) is 11.8 Å². The Morgan fingerprint density at radius 1 is 1.59 bits per heavy atom. The Bertz CT molecular complexity index is 375. The Labute approximate surface area is 100 Å². The lowest BCUT2D eigenvalue weighted by molar-refractivity contribution is -0.560. The molecule has 0 amide bonds. The van der Waals surface area contributed by atoms with Crippen LogP contribution in [-0.4, -0.2) is 23.0 Å². The van der Waals surface area contributed by atoms with E-state index in [2.05, 4.69) is 0 Å². The fraction of sp³-hybridized carbons (Fsp3) is 0.583. The van der Waals surface area contributed by atoms with Gasteiger partial charge in [-0.1, -0.05) is 25.2 Å². The normalized spacial score (nSPS) is 28.8. The first-order chi connectivity index (χ1) is 7.93. The van der Waals surface area contributed by atoms with E-state index in [1.54, 1.807) is 32.1 Å². The number of nitrogens with zero attached hydrogens (tertiary/aromatic N) is 1. The van der Waals surface area contributed by atoms with Gasteiger partial charge in [0.25, 0.3) is 0 Å². The number of hydrogen-bond donors (Lipinski definition) is 0. The van der Waals surface area contributed by atoms with Gasteiger partial charge in [0.15, 0.2) is 0 Å². The topological polar surface area (TPSA) is 69.4 Å². The molecule has 0 heterocycles. The maximum atomic E-state index is 11.6. The first kappa shape index (κ1) is 13.4. The minimum absolute atomic E-state index is 0.282. The molecule has 17 heavy (non-hydrogen) atoms. The Morgan fingerprint density at radius 2 is 2.24 bits per heavy atom. The number of allylic oxidation sites excluding steroid dienone is 2. The second kappa shape index (κ2) is 5.12. The summed E-state index contributed by atoms with van der Waals surface area (Å²) in [5.74, 6) is -1.42. The Kier molecular flexibility index (Phi) is 4.04. The van der Waals surface area contributed by atoms with Crippen LogP contribution in [0.4, 0.5) is 0 Å². The van der Waals surface area contributed by atoms with Crippen LogP contribution in [0, 0.1) is 22.0 Å². The summed E-state index contributed by atoms with van der Waals surface area (Å²) in [4.78, 5) is 22.4. The molecule has 1 rings (SSSR count). The molecule has 0 spiro atoms. The average molecular weight is 239 g/mol. The Hall–Kier alpha value is -1.65. The van der Waals surface area contributed by atoms with Crippen molar-refractivity contribution in [1.29, 1.82) is 0 Å². The van der Waals surface area contributed by atoms with E-state index in [1.807, 2.05) is 0 Å². The highest BCUT2D eigenvalue weighted by molar-refractivity contribution is 5.73. The van der Waals surface area contributed by atoms with Gasteiger partial charge >= 0.3 is 5.97 Å². The van der Waals surface area contributed by atoms with Crippen molar-refractivity contribution in [3.63, 3.8) is 0 Å². The van der Waals surface area contributed by atoms with Gasteiger partial charge in [0.2, 0.25) is 5.54 Å². The molecule has 94 valence electrons. The lowest BCUT2D eigenvalue weighted by Crippen LogP contribution is -2.46. The molecular formula is C12H17NO4. The first-order valence-electron chi connectivity index (χ1n) is 5.60. The number of carbonyl (C=O) groups is 1. The van der Waals surface area contributed by atoms with Crippen molar-refractivity contribution >= 4 is 5.97 Å². The highest BCUT2D eigenvalue weighted by Crippen LogP contribution is 2.33. The van der Waals surface area contributed by atoms with E-state index in [9.17, 15) is 14.9 Å². The summed E-state index contributed by atoms with van der Waals surface area (Å²) in [7, 11) is 0. The summed E-state index contributed by atoms with van der Waals surface area (Å²) in [5, 5.41) is 11.1. The summed E-state index contributed by atoms with van der Waals surface area (Å²) in [6, 6.07) is 0.